The second kappa shape index (κ2) is 5.83. The van der Waals surface area contributed by atoms with Gasteiger partial charge in [0.25, 0.3) is 0 Å². The molecule has 2 atom stereocenters. The minimum atomic E-state index is -0.475. The molecule has 4 nitrogen and oxygen atoms in total. The summed E-state index contributed by atoms with van der Waals surface area (Å²) in [6.45, 7) is 8.67. The van der Waals surface area contributed by atoms with E-state index in [0.29, 0.717) is 13.2 Å². The molecule has 1 fully saturated rings. The lowest BCUT2D eigenvalue weighted by molar-refractivity contribution is -0.0668. The van der Waals surface area contributed by atoms with Crippen LogP contribution in [0.5, 0.6) is 0 Å². The number of benzene rings is 1. The number of nitrogens with zero attached hydrogens (tertiary/aromatic N) is 1. The van der Waals surface area contributed by atoms with E-state index in [9.17, 15) is 4.79 Å². The summed E-state index contributed by atoms with van der Waals surface area (Å²) in [7, 11) is 0. The van der Waals surface area contributed by atoms with Crippen molar-refractivity contribution in [2.75, 3.05) is 13.2 Å². The number of hydrogen-bond donors (Lipinski definition) is 0. The van der Waals surface area contributed by atoms with Crippen LogP contribution in [0.4, 0.5) is 4.79 Å². The standard InChI is InChI=1S/C16H23NO3/c1-12-11-19-14(13-8-6-5-7-9-13)10-17(12)15(18)20-16(2,3)4/h5-9,12,14H,10-11H2,1-4H3/t12-,14+/m1/s1. The number of carbonyl (C=O) groups is 1. The first kappa shape index (κ1) is 14.9. The summed E-state index contributed by atoms with van der Waals surface area (Å²) in [4.78, 5) is 14.0. The van der Waals surface area contributed by atoms with E-state index in [1.165, 1.54) is 0 Å². The van der Waals surface area contributed by atoms with Gasteiger partial charge in [0.15, 0.2) is 0 Å². The Hall–Kier alpha value is -1.55. The van der Waals surface area contributed by atoms with Crippen molar-refractivity contribution in [2.45, 2.75) is 45.4 Å². The third-order valence-corrected chi connectivity index (χ3v) is 3.23. The van der Waals surface area contributed by atoms with Gasteiger partial charge in [0.2, 0.25) is 0 Å². The number of hydrogen-bond acceptors (Lipinski definition) is 3. The summed E-state index contributed by atoms with van der Waals surface area (Å²) in [6, 6.07) is 10.0. The Morgan fingerprint density at radius 2 is 1.95 bits per heavy atom. The summed E-state index contributed by atoms with van der Waals surface area (Å²) in [6.07, 6.45) is -0.353. The highest BCUT2D eigenvalue weighted by molar-refractivity contribution is 5.68. The second-order valence-electron chi connectivity index (χ2n) is 6.21. The molecule has 0 N–H and O–H groups in total. The summed E-state index contributed by atoms with van der Waals surface area (Å²) >= 11 is 0. The van der Waals surface area contributed by atoms with Crippen molar-refractivity contribution in [2.24, 2.45) is 0 Å². The van der Waals surface area contributed by atoms with Gasteiger partial charge in [-0.2, -0.15) is 0 Å². The zero-order valence-corrected chi connectivity index (χ0v) is 12.6. The molecule has 1 heterocycles. The van der Waals surface area contributed by atoms with Crippen molar-refractivity contribution in [1.82, 2.24) is 4.90 Å². The van der Waals surface area contributed by atoms with Crippen LogP contribution in [0.2, 0.25) is 0 Å². The van der Waals surface area contributed by atoms with Crippen molar-refractivity contribution in [1.29, 1.82) is 0 Å². The van der Waals surface area contributed by atoms with Crippen LogP contribution in [-0.2, 0) is 9.47 Å². The molecular formula is C16H23NO3. The Morgan fingerprint density at radius 3 is 2.55 bits per heavy atom. The Kier molecular flexibility index (Phi) is 4.33. The van der Waals surface area contributed by atoms with Gasteiger partial charge in [-0.15, -0.1) is 0 Å². The van der Waals surface area contributed by atoms with Crippen LogP contribution in [0.25, 0.3) is 0 Å². The smallest absolute Gasteiger partial charge is 0.410 e. The molecular weight excluding hydrogens is 254 g/mol. The van der Waals surface area contributed by atoms with Crippen molar-refractivity contribution in [3.05, 3.63) is 35.9 Å². The molecule has 0 aromatic heterocycles. The maximum absolute atomic E-state index is 12.2. The van der Waals surface area contributed by atoms with Gasteiger partial charge in [-0.05, 0) is 33.3 Å². The molecule has 0 spiro atoms. The van der Waals surface area contributed by atoms with E-state index < -0.39 is 5.60 Å². The molecule has 0 unspecified atom stereocenters. The quantitative estimate of drug-likeness (QED) is 0.790. The number of morpholine rings is 1. The molecule has 1 amide bonds. The monoisotopic (exact) mass is 277 g/mol. The van der Waals surface area contributed by atoms with E-state index in [0.717, 1.165) is 5.56 Å². The van der Waals surface area contributed by atoms with Gasteiger partial charge < -0.3 is 14.4 Å². The largest absolute Gasteiger partial charge is 0.444 e. The number of rotatable bonds is 1. The minimum absolute atomic E-state index is 0.0322. The zero-order valence-electron chi connectivity index (χ0n) is 12.6. The van der Waals surface area contributed by atoms with Gasteiger partial charge in [0, 0.05) is 0 Å². The van der Waals surface area contributed by atoms with Crippen LogP contribution >= 0.6 is 0 Å². The molecule has 1 aliphatic rings. The first-order valence-corrected chi connectivity index (χ1v) is 7.03. The van der Waals surface area contributed by atoms with Crippen LogP contribution in [0.3, 0.4) is 0 Å². The predicted octanol–water partition coefficient (Wildman–Crippen LogP) is 3.38. The molecule has 1 aromatic rings. The van der Waals surface area contributed by atoms with Crippen LogP contribution in [0.1, 0.15) is 39.4 Å². The fourth-order valence-electron chi connectivity index (χ4n) is 2.20. The number of ether oxygens (including phenoxy) is 2. The van der Waals surface area contributed by atoms with Crippen LogP contribution in [-0.4, -0.2) is 35.8 Å². The summed E-state index contributed by atoms with van der Waals surface area (Å²) in [5.41, 5.74) is 0.616. The highest BCUT2D eigenvalue weighted by Crippen LogP contribution is 2.26. The number of amides is 1. The van der Waals surface area contributed by atoms with E-state index in [4.69, 9.17) is 9.47 Å². The van der Waals surface area contributed by atoms with Gasteiger partial charge >= 0.3 is 6.09 Å². The molecule has 0 bridgehead atoms. The summed E-state index contributed by atoms with van der Waals surface area (Å²) in [5, 5.41) is 0. The number of carbonyl (C=O) groups excluding carboxylic acids is 1. The maximum Gasteiger partial charge on any atom is 0.410 e. The molecule has 20 heavy (non-hydrogen) atoms. The van der Waals surface area contributed by atoms with Gasteiger partial charge in [-0.1, -0.05) is 30.3 Å². The highest BCUT2D eigenvalue weighted by Gasteiger charge is 2.33. The van der Waals surface area contributed by atoms with E-state index in [2.05, 4.69) is 0 Å². The Morgan fingerprint density at radius 1 is 1.30 bits per heavy atom. The van der Waals surface area contributed by atoms with E-state index >= 15 is 0 Å². The van der Waals surface area contributed by atoms with Crippen molar-refractivity contribution < 1.29 is 14.3 Å². The van der Waals surface area contributed by atoms with Crippen LogP contribution in [0.15, 0.2) is 30.3 Å². The third kappa shape index (κ3) is 3.73. The molecule has 1 aromatic carbocycles. The predicted molar refractivity (Wildman–Crippen MR) is 77.5 cm³/mol. The average molecular weight is 277 g/mol. The van der Waals surface area contributed by atoms with Gasteiger partial charge in [0.1, 0.15) is 11.7 Å². The van der Waals surface area contributed by atoms with Gasteiger partial charge in [-0.3, -0.25) is 0 Å². The van der Waals surface area contributed by atoms with Crippen molar-refractivity contribution >= 4 is 6.09 Å². The highest BCUT2D eigenvalue weighted by atomic mass is 16.6. The normalized spacial score (nSPS) is 23.5. The molecule has 1 saturated heterocycles. The molecule has 110 valence electrons. The van der Waals surface area contributed by atoms with Crippen LogP contribution in [0, 0.1) is 0 Å². The lowest BCUT2D eigenvalue weighted by Gasteiger charge is -2.38. The SMILES string of the molecule is C[C@@H]1CO[C@H](c2ccccc2)CN1C(=O)OC(C)(C)C. The first-order chi connectivity index (χ1) is 9.37. The third-order valence-electron chi connectivity index (χ3n) is 3.23. The minimum Gasteiger partial charge on any atom is -0.444 e. The molecule has 0 aliphatic carbocycles. The molecule has 4 heteroatoms. The van der Waals surface area contributed by atoms with Crippen molar-refractivity contribution in [3.63, 3.8) is 0 Å². The Bertz CT molecular complexity index is 453. The van der Waals surface area contributed by atoms with Gasteiger partial charge in [-0.25, -0.2) is 4.79 Å². The van der Waals surface area contributed by atoms with E-state index in [1.54, 1.807) is 4.90 Å². The van der Waals surface area contributed by atoms with E-state index in [-0.39, 0.29) is 18.2 Å². The fourth-order valence-corrected chi connectivity index (χ4v) is 2.20. The summed E-state index contributed by atoms with van der Waals surface area (Å²) < 4.78 is 11.3. The topological polar surface area (TPSA) is 38.8 Å². The molecule has 1 aliphatic heterocycles. The average Bonchev–Trinajstić information content (AvgIpc) is 2.38. The zero-order chi connectivity index (χ0) is 14.8. The maximum atomic E-state index is 12.2. The fraction of sp³-hybridized carbons (Fsp3) is 0.562. The van der Waals surface area contributed by atoms with Crippen LogP contribution < -0.4 is 0 Å². The van der Waals surface area contributed by atoms with E-state index in [1.807, 2.05) is 58.0 Å². The lowest BCUT2D eigenvalue weighted by atomic mass is 10.1. The van der Waals surface area contributed by atoms with Crippen molar-refractivity contribution in [3.8, 4) is 0 Å². The molecule has 0 radical (unpaired) electrons. The second-order valence-corrected chi connectivity index (χ2v) is 6.21. The molecule has 2 rings (SSSR count). The van der Waals surface area contributed by atoms with Gasteiger partial charge in [0.05, 0.1) is 19.2 Å². The summed E-state index contributed by atoms with van der Waals surface area (Å²) in [5.74, 6) is 0. The Labute approximate surface area is 120 Å². The first-order valence-electron chi connectivity index (χ1n) is 7.03. The lowest BCUT2D eigenvalue weighted by Crippen LogP contribution is -2.49. The Balaban J connectivity index is 2.07. The molecule has 0 saturated carbocycles.